The van der Waals surface area contributed by atoms with Gasteiger partial charge in [-0.15, -0.1) is 0 Å². The van der Waals surface area contributed by atoms with Gasteiger partial charge in [-0.05, 0) is 35.8 Å². The average Bonchev–Trinajstić information content (AvgIpc) is 2.35. The first-order valence-corrected chi connectivity index (χ1v) is 6.72. The van der Waals surface area contributed by atoms with Gasteiger partial charge in [0.25, 0.3) is 0 Å². The molecule has 0 radical (unpaired) electrons. The Morgan fingerprint density at radius 3 is 2.60 bits per heavy atom. The van der Waals surface area contributed by atoms with Crippen LogP contribution in [0.4, 0.5) is 19.0 Å². The lowest BCUT2D eigenvalue weighted by Crippen LogP contribution is -2.33. The molecule has 0 bridgehead atoms. The van der Waals surface area contributed by atoms with Crippen molar-refractivity contribution < 1.29 is 22.7 Å². The topological polar surface area (TPSA) is 42.4 Å². The second-order valence-corrected chi connectivity index (χ2v) is 4.76. The number of ether oxygens (including phenoxy) is 1. The fourth-order valence-electron chi connectivity index (χ4n) is 1.59. The molecule has 1 heterocycles. The van der Waals surface area contributed by atoms with Crippen LogP contribution in [-0.4, -0.2) is 30.6 Å². The lowest BCUT2D eigenvalue weighted by Gasteiger charge is -2.24. The number of nitrogens with zero attached hydrogens (tertiary/aromatic N) is 2. The Morgan fingerprint density at radius 1 is 1.45 bits per heavy atom. The quantitative estimate of drug-likeness (QED) is 0.761. The third-order valence-corrected chi connectivity index (χ3v) is 2.88. The maximum Gasteiger partial charge on any atom is 0.419 e. The summed E-state index contributed by atoms with van der Waals surface area (Å²) in [5.74, 6) is -0.872. The summed E-state index contributed by atoms with van der Waals surface area (Å²) in [7, 11) is 0. The van der Waals surface area contributed by atoms with E-state index in [1.165, 1.54) is 11.1 Å². The second kappa shape index (κ2) is 6.92. The number of hydrogen-bond acceptors (Lipinski definition) is 4. The largest absolute Gasteiger partial charge is 0.465 e. The van der Waals surface area contributed by atoms with Crippen LogP contribution in [0.15, 0.2) is 16.7 Å². The highest BCUT2D eigenvalue weighted by Crippen LogP contribution is 2.36. The molecule has 20 heavy (non-hydrogen) atoms. The van der Waals surface area contributed by atoms with Crippen molar-refractivity contribution >= 4 is 27.7 Å². The number of alkyl halides is 3. The molecule has 0 unspecified atom stereocenters. The number of pyridine rings is 1. The van der Waals surface area contributed by atoms with Gasteiger partial charge in [0, 0.05) is 17.2 Å². The van der Waals surface area contributed by atoms with Crippen LogP contribution in [0.3, 0.4) is 0 Å². The van der Waals surface area contributed by atoms with Crippen LogP contribution < -0.4 is 4.90 Å². The van der Waals surface area contributed by atoms with Crippen LogP contribution in [0.1, 0.15) is 19.4 Å². The minimum absolute atomic E-state index is 0.177. The molecular weight excluding hydrogens is 341 g/mol. The molecule has 0 fully saturated rings. The van der Waals surface area contributed by atoms with Crippen LogP contribution in [-0.2, 0) is 15.7 Å². The lowest BCUT2D eigenvalue weighted by atomic mass is 10.2. The summed E-state index contributed by atoms with van der Waals surface area (Å²) in [6, 6.07) is 0.941. The van der Waals surface area contributed by atoms with Crippen LogP contribution in [0.2, 0.25) is 0 Å². The molecule has 1 aromatic rings. The van der Waals surface area contributed by atoms with Gasteiger partial charge in [0.2, 0.25) is 0 Å². The normalized spacial score (nSPS) is 11.3. The summed E-state index contributed by atoms with van der Waals surface area (Å²) >= 11 is 2.96. The number of hydrogen-bond donors (Lipinski definition) is 0. The van der Waals surface area contributed by atoms with E-state index >= 15 is 0 Å². The Kier molecular flexibility index (Phi) is 5.79. The maximum atomic E-state index is 13.0. The predicted molar refractivity (Wildman–Crippen MR) is 71.5 cm³/mol. The number of carbonyl (C=O) groups excluding carboxylic acids is 1. The average molecular weight is 355 g/mol. The maximum absolute atomic E-state index is 13.0. The summed E-state index contributed by atoms with van der Waals surface area (Å²) in [5, 5.41) is 0. The SMILES string of the molecule is CCOC(=O)CN(CC)c1ncc(Br)cc1C(F)(F)F. The molecule has 0 spiro atoms. The van der Waals surface area contributed by atoms with Crippen molar-refractivity contribution in [3.63, 3.8) is 0 Å². The Morgan fingerprint density at radius 2 is 2.10 bits per heavy atom. The predicted octanol–water partition coefficient (Wildman–Crippen LogP) is 3.25. The molecule has 1 aromatic heterocycles. The molecule has 0 atom stereocenters. The van der Waals surface area contributed by atoms with Gasteiger partial charge in [0.1, 0.15) is 12.4 Å². The van der Waals surface area contributed by atoms with Gasteiger partial charge in [-0.2, -0.15) is 13.2 Å². The molecule has 0 amide bonds. The van der Waals surface area contributed by atoms with E-state index in [-0.39, 0.29) is 30.0 Å². The van der Waals surface area contributed by atoms with E-state index in [1.807, 2.05) is 0 Å². The number of carbonyl (C=O) groups is 1. The number of aromatic nitrogens is 1. The molecular formula is C12H14BrF3N2O2. The number of likely N-dealkylation sites (N-methyl/N-ethyl adjacent to an activating group) is 1. The van der Waals surface area contributed by atoms with Gasteiger partial charge in [0.15, 0.2) is 0 Å². The molecule has 1 rings (SSSR count). The number of halogens is 4. The second-order valence-electron chi connectivity index (χ2n) is 3.84. The van der Waals surface area contributed by atoms with Gasteiger partial charge in [-0.1, -0.05) is 0 Å². The zero-order valence-corrected chi connectivity index (χ0v) is 12.6. The van der Waals surface area contributed by atoms with Crippen molar-refractivity contribution in [1.29, 1.82) is 0 Å². The third kappa shape index (κ3) is 4.36. The van der Waals surface area contributed by atoms with Crippen molar-refractivity contribution in [2.24, 2.45) is 0 Å². The molecule has 0 aromatic carbocycles. The molecule has 8 heteroatoms. The van der Waals surface area contributed by atoms with Crippen molar-refractivity contribution in [2.75, 3.05) is 24.6 Å². The standard InChI is InChI=1S/C12H14BrF3N2O2/c1-3-18(7-10(19)20-4-2)11-9(12(14,15)16)5-8(13)6-17-11/h5-6H,3-4,7H2,1-2H3. The van der Waals surface area contributed by atoms with Crippen LogP contribution in [0.5, 0.6) is 0 Å². The summed E-state index contributed by atoms with van der Waals surface area (Å²) in [6.07, 6.45) is -3.29. The monoisotopic (exact) mass is 354 g/mol. The molecule has 0 N–H and O–H groups in total. The highest BCUT2D eigenvalue weighted by Gasteiger charge is 2.36. The lowest BCUT2D eigenvalue weighted by molar-refractivity contribution is -0.142. The van der Waals surface area contributed by atoms with E-state index in [0.717, 1.165) is 6.07 Å². The summed E-state index contributed by atoms with van der Waals surface area (Å²) < 4.78 is 44.0. The van der Waals surface area contributed by atoms with E-state index in [9.17, 15) is 18.0 Å². The highest BCUT2D eigenvalue weighted by atomic mass is 79.9. The minimum atomic E-state index is -4.55. The molecule has 0 aliphatic rings. The van der Waals surface area contributed by atoms with Gasteiger partial charge in [-0.25, -0.2) is 4.98 Å². The van der Waals surface area contributed by atoms with Crippen LogP contribution >= 0.6 is 15.9 Å². The molecule has 4 nitrogen and oxygen atoms in total. The summed E-state index contributed by atoms with van der Waals surface area (Å²) in [4.78, 5) is 16.4. The van der Waals surface area contributed by atoms with Crippen molar-refractivity contribution in [1.82, 2.24) is 4.98 Å². The molecule has 0 aliphatic carbocycles. The fraction of sp³-hybridized carbons (Fsp3) is 0.500. The van der Waals surface area contributed by atoms with Crippen molar-refractivity contribution in [3.8, 4) is 0 Å². The smallest absolute Gasteiger partial charge is 0.419 e. The zero-order chi connectivity index (χ0) is 15.3. The zero-order valence-electron chi connectivity index (χ0n) is 11.0. The summed E-state index contributed by atoms with van der Waals surface area (Å²) in [5.41, 5.74) is -0.891. The van der Waals surface area contributed by atoms with E-state index < -0.39 is 17.7 Å². The summed E-state index contributed by atoms with van der Waals surface area (Å²) in [6.45, 7) is 3.38. The first kappa shape index (κ1) is 16.7. The Balaban J connectivity index is 3.12. The Labute approximate surface area is 123 Å². The highest BCUT2D eigenvalue weighted by molar-refractivity contribution is 9.10. The first-order valence-electron chi connectivity index (χ1n) is 5.92. The Bertz CT molecular complexity index is 480. The van der Waals surface area contributed by atoms with Crippen molar-refractivity contribution in [3.05, 3.63) is 22.3 Å². The molecule has 112 valence electrons. The minimum Gasteiger partial charge on any atom is -0.465 e. The van der Waals surface area contributed by atoms with Crippen LogP contribution in [0.25, 0.3) is 0 Å². The molecule has 0 saturated heterocycles. The molecule has 0 saturated carbocycles. The number of rotatable bonds is 5. The third-order valence-electron chi connectivity index (χ3n) is 2.45. The van der Waals surface area contributed by atoms with Crippen LogP contribution in [0, 0.1) is 0 Å². The van der Waals surface area contributed by atoms with Gasteiger partial charge >= 0.3 is 12.1 Å². The number of anilines is 1. The van der Waals surface area contributed by atoms with Gasteiger partial charge in [0.05, 0.1) is 12.2 Å². The van der Waals surface area contributed by atoms with Crippen molar-refractivity contribution in [2.45, 2.75) is 20.0 Å². The van der Waals surface area contributed by atoms with E-state index in [0.29, 0.717) is 0 Å². The van der Waals surface area contributed by atoms with E-state index in [2.05, 4.69) is 20.9 Å². The van der Waals surface area contributed by atoms with E-state index in [4.69, 9.17) is 4.74 Å². The van der Waals surface area contributed by atoms with Gasteiger partial charge < -0.3 is 9.64 Å². The Hall–Kier alpha value is -1.31. The fourth-order valence-corrected chi connectivity index (χ4v) is 1.92. The molecule has 0 aliphatic heterocycles. The van der Waals surface area contributed by atoms with Gasteiger partial charge in [-0.3, -0.25) is 4.79 Å². The number of esters is 1. The first-order chi connectivity index (χ1) is 9.29. The van der Waals surface area contributed by atoms with E-state index in [1.54, 1.807) is 13.8 Å².